The number of carbonyl (C=O) groups excluding carboxylic acids is 1. The van der Waals surface area contributed by atoms with Crippen LogP contribution in [0.4, 0.5) is 0 Å². The average molecular weight is 242 g/mol. The maximum absolute atomic E-state index is 11.7. The van der Waals surface area contributed by atoms with Gasteiger partial charge in [0.15, 0.2) is 5.96 Å². The number of hydrogen-bond donors (Lipinski definition) is 3. The van der Waals surface area contributed by atoms with E-state index in [1.54, 1.807) is 6.92 Å². The van der Waals surface area contributed by atoms with Crippen LogP contribution in [-0.4, -0.2) is 30.0 Å². The second-order valence-corrected chi connectivity index (χ2v) is 5.73. The summed E-state index contributed by atoms with van der Waals surface area (Å²) in [5.74, 6) is 0.685. The molecule has 5 nitrogen and oxygen atoms in total. The normalized spacial score (nSPS) is 14.6. The Morgan fingerprint density at radius 3 is 2.24 bits per heavy atom. The van der Waals surface area contributed by atoms with Crippen LogP contribution in [0.5, 0.6) is 0 Å². The molecule has 0 aliphatic rings. The number of carbonyl (C=O) groups is 1. The molecule has 0 heterocycles. The molecule has 0 radical (unpaired) electrons. The smallest absolute Gasteiger partial charge is 0.242 e. The van der Waals surface area contributed by atoms with Crippen LogP contribution in [0.25, 0.3) is 0 Å². The molecule has 0 aromatic heterocycles. The van der Waals surface area contributed by atoms with Crippen molar-refractivity contribution in [3.8, 4) is 0 Å². The van der Waals surface area contributed by atoms with E-state index >= 15 is 0 Å². The van der Waals surface area contributed by atoms with Gasteiger partial charge in [0.2, 0.25) is 5.91 Å². The topological polar surface area (TPSA) is 79.5 Å². The standard InChI is InChI=1S/C12H26N4O/c1-8(2)7-14-11(13)15-9(3)10(17)16-12(4,5)6/h8-9H,7H2,1-6H3,(H,16,17)(H3,13,14,15). The molecule has 0 rings (SSSR count). The van der Waals surface area contributed by atoms with Gasteiger partial charge in [0.1, 0.15) is 6.04 Å². The van der Waals surface area contributed by atoms with Crippen molar-refractivity contribution in [3.05, 3.63) is 0 Å². The number of rotatable bonds is 4. The SMILES string of the molecule is CC(C)CN=C(N)NC(C)C(=O)NC(C)(C)C. The Bertz CT molecular complexity index is 279. The van der Waals surface area contributed by atoms with E-state index in [1.165, 1.54) is 0 Å². The first-order chi connectivity index (χ1) is 7.61. The Kier molecular flexibility index (Phi) is 5.99. The highest BCUT2D eigenvalue weighted by molar-refractivity contribution is 5.88. The van der Waals surface area contributed by atoms with Crippen LogP contribution in [-0.2, 0) is 4.79 Å². The lowest BCUT2D eigenvalue weighted by Gasteiger charge is -2.23. The van der Waals surface area contributed by atoms with Crippen LogP contribution in [0.2, 0.25) is 0 Å². The number of hydrogen-bond acceptors (Lipinski definition) is 2. The molecule has 5 heteroatoms. The van der Waals surface area contributed by atoms with E-state index in [9.17, 15) is 4.79 Å². The third-order valence-electron chi connectivity index (χ3n) is 1.88. The summed E-state index contributed by atoms with van der Waals surface area (Å²) in [6.45, 7) is 12.4. The van der Waals surface area contributed by atoms with Crippen LogP contribution in [0, 0.1) is 5.92 Å². The highest BCUT2D eigenvalue weighted by Gasteiger charge is 2.19. The van der Waals surface area contributed by atoms with Crippen molar-refractivity contribution in [1.29, 1.82) is 0 Å². The van der Waals surface area contributed by atoms with Gasteiger partial charge < -0.3 is 16.4 Å². The van der Waals surface area contributed by atoms with E-state index in [4.69, 9.17) is 5.73 Å². The molecular weight excluding hydrogens is 216 g/mol. The van der Waals surface area contributed by atoms with E-state index in [2.05, 4.69) is 29.5 Å². The Morgan fingerprint density at radius 2 is 1.82 bits per heavy atom. The molecule has 0 fully saturated rings. The molecule has 0 aromatic carbocycles. The third-order valence-corrected chi connectivity index (χ3v) is 1.88. The first-order valence-electron chi connectivity index (χ1n) is 6.00. The van der Waals surface area contributed by atoms with Crippen LogP contribution in [0.3, 0.4) is 0 Å². The largest absolute Gasteiger partial charge is 0.370 e. The highest BCUT2D eigenvalue weighted by atomic mass is 16.2. The summed E-state index contributed by atoms with van der Waals surface area (Å²) in [7, 11) is 0. The summed E-state index contributed by atoms with van der Waals surface area (Å²) in [4.78, 5) is 15.9. The van der Waals surface area contributed by atoms with E-state index in [0.717, 1.165) is 0 Å². The van der Waals surface area contributed by atoms with Crippen molar-refractivity contribution >= 4 is 11.9 Å². The van der Waals surface area contributed by atoms with Gasteiger partial charge in [-0.15, -0.1) is 0 Å². The molecule has 4 N–H and O–H groups in total. The van der Waals surface area contributed by atoms with Crippen LogP contribution < -0.4 is 16.4 Å². The minimum absolute atomic E-state index is 0.0832. The molecule has 1 atom stereocenters. The molecule has 1 unspecified atom stereocenters. The minimum Gasteiger partial charge on any atom is -0.370 e. The fourth-order valence-corrected chi connectivity index (χ4v) is 1.09. The fraction of sp³-hybridized carbons (Fsp3) is 0.833. The Balaban J connectivity index is 4.21. The predicted molar refractivity (Wildman–Crippen MR) is 71.8 cm³/mol. The molecule has 1 amide bonds. The second kappa shape index (κ2) is 6.47. The van der Waals surface area contributed by atoms with Crippen molar-refractivity contribution in [2.24, 2.45) is 16.6 Å². The second-order valence-electron chi connectivity index (χ2n) is 5.73. The van der Waals surface area contributed by atoms with Crippen LogP contribution in [0.15, 0.2) is 4.99 Å². The molecule has 100 valence electrons. The molecule has 0 aliphatic carbocycles. The van der Waals surface area contributed by atoms with Crippen LogP contribution in [0.1, 0.15) is 41.5 Å². The summed E-state index contributed by atoms with van der Waals surface area (Å²) in [5.41, 5.74) is 5.44. The van der Waals surface area contributed by atoms with Gasteiger partial charge in [-0.3, -0.25) is 9.79 Å². The van der Waals surface area contributed by atoms with Crippen molar-refractivity contribution < 1.29 is 4.79 Å². The number of amides is 1. The van der Waals surface area contributed by atoms with Crippen molar-refractivity contribution in [2.45, 2.75) is 53.1 Å². The first-order valence-corrected chi connectivity index (χ1v) is 6.00. The molecule has 0 saturated heterocycles. The zero-order valence-electron chi connectivity index (χ0n) is 11.8. The van der Waals surface area contributed by atoms with E-state index in [0.29, 0.717) is 18.4 Å². The maximum Gasteiger partial charge on any atom is 0.242 e. The first kappa shape index (κ1) is 15.7. The number of nitrogens with one attached hydrogen (secondary N) is 2. The van der Waals surface area contributed by atoms with E-state index in [1.807, 2.05) is 20.8 Å². The third kappa shape index (κ3) is 8.54. The number of nitrogens with two attached hydrogens (primary N) is 1. The summed E-state index contributed by atoms with van der Waals surface area (Å²) in [5, 5.41) is 5.75. The highest BCUT2D eigenvalue weighted by Crippen LogP contribution is 1.99. The zero-order valence-corrected chi connectivity index (χ0v) is 11.8. The molecule has 17 heavy (non-hydrogen) atoms. The quantitative estimate of drug-likeness (QED) is 0.505. The van der Waals surface area contributed by atoms with Gasteiger partial charge in [0.25, 0.3) is 0 Å². The fourth-order valence-electron chi connectivity index (χ4n) is 1.09. The number of guanidine groups is 1. The Hall–Kier alpha value is -1.26. The average Bonchev–Trinajstić information content (AvgIpc) is 2.11. The predicted octanol–water partition coefficient (Wildman–Crippen LogP) is 0.850. The molecular formula is C12H26N4O. The van der Waals surface area contributed by atoms with Gasteiger partial charge in [0.05, 0.1) is 0 Å². The van der Waals surface area contributed by atoms with Crippen molar-refractivity contribution in [2.75, 3.05) is 6.54 Å². The zero-order chi connectivity index (χ0) is 13.6. The van der Waals surface area contributed by atoms with Gasteiger partial charge in [-0.2, -0.15) is 0 Å². The maximum atomic E-state index is 11.7. The van der Waals surface area contributed by atoms with E-state index < -0.39 is 0 Å². The number of nitrogens with zero attached hydrogens (tertiary/aromatic N) is 1. The van der Waals surface area contributed by atoms with Gasteiger partial charge in [-0.25, -0.2) is 0 Å². The van der Waals surface area contributed by atoms with Gasteiger partial charge in [-0.1, -0.05) is 13.8 Å². The Labute approximate surface area is 104 Å². The monoisotopic (exact) mass is 242 g/mol. The summed E-state index contributed by atoms with van der Waals surface area (Å²) in [6.07, 6.45) is 0. The molecule has 0 spiro atoms. The minimum atomic E-state index is -0.384. The summed E-state index contributed by atoms with van der Waals surface area (Å²) < 4.78 is 0. The molecule has 0 bridgehead atoms. The summed E-state index contributed by atoms with van der Waals surface area (Å²) in [6, 6.07) is -0.384. The lowest BCUT2D eigenvalue weighted by Crippen LogP contribution is -2.52. The van der Waals surface area contributed by atoms with Crippen LogP contribution >= 0.6 is 0 Å². The van der Waals surface area contributed by atoms with Crippen molar-refractivity contribution in [3.63, 3.8) is 0 Å². The van der Waals surface area contributed by atoms with Gasteiger partial charge in [-0.05, 0) is 33.6 Å². The lowest BCUT2D eigenvalue weighted by molar-refractivity contribution is -0.123. The molecule has 0 aliphatic heterocycles. The Morgan fingerprint density at radius 1 is 1.29 bits per heavy atom. The van der Waals surface area contributed by atoms with Gasteiger partial charge in [0, 0.05) is 12.1 Å². The summed E-state index contributed by atoms with van der Waals surface area (Å²) >= 11 is 0. The number of aliphatic imine (C=N–C) groups is 1. The molecule has 0 saturated carbocycles. The van der Waals surface area contributed by atoms with E-state index in [-0.39, 0.29) is 17.5 Å². The van der Waals surface area contributed by atoms with Crippen molar-refractivity contribution in [1.82, 2.24) is 10.6 Å². The lowest BCUT2D eigenvalue weighted by atomic mass is 10.1. The van der Waals surface area contributed by atoms with Gasteiger partial charge >= 0.3 is 0 Å². The molecule has 0 aromatic rings.